The zero-order chi connectivity index (χ0) is 30.4. The van der Waals surface area contributed by atoms with E-state index in [0.717, 1.165) is 26.7 Å². The molecule has 1 aliphatic rings. The van der Waals surface area contributed by atoms with E-state index < -0.39 is 11.2 Å². The van der Waals surface area contributed by atoms with Crippen LogP contribution in [0.4, 0.5) is 16.4 Å². The van der Waals surface area contributed by atoms with Crippen molar-refractivity contribution in [3.63, 3.8) is 0 Å². The average molecular weight is 625 g/mol. The number of carbonyl (C=O) groups excluding carboxylic acids is 4. The number of ketones is 1. The molecule has 0 radical (unpaired) electrons. The second kappa shape index (κ2) is 14.0. The summed E-state index contributed by atoms with van der Waals surface area (Å²) in [6, 6.07) is 14.6. The van der Waals surface area contributed by atoms with Gasteiger partial charge in [-0.1, -0.05) is 6.07 Å². The summed E-state index contributed by atoms with van der Waals surface area (Å²) in [5.74, 6) is -0.759. The fourth-order valence-corrected chi connectivity index (χ4v) is 6.80. The zero-order valence-corrected chi connectivity index (χ0v) is 26.2. The second-order valence-corrected chi connectivity index (χ2v) is 12.5. The van der Waals surface area contributed by atoms with Crippen LogP contribution in [0, 0.1) is 0 Å². The Bertz CT molecular complexity index is 1520. The quantitative estimate of drug-likeness (QED) is 0.115. The van der Waals surface area contributed by atoms with Crippen LogP contribution >= 0.6 is 35.3 Å². The van der Waals surface area contributed by atoms with Crippen LogP contribution in [0.2, 0.25) is 0 Å². The Kier molecular flexibility index (Phi) is 10.4. The van der Waals surface area contributed by atoms with Gasteiger partial charge in [-0.25, -0.2) is 4.79 Å². The molecule has 1 aromatic heterocycles. The monoisotopic (exact) mass is 624 g/mol. The molecule has 0 spiro atoms. The SMILES string of the molecule is CCOC(=O)c1c(NC(=O)C(C)Sc2cccc(NC(=S)Nc3ccc(C(C)=O)cc3)c2)sc2c1CCN(C(C)=O)C2. The fourth-order valence-electron chi connectivity index (χ4n) is 4.38. The number of fused-ring (bicyclic) bond motifs is 1. The Balaban J connectivity index is 1.41. The van der Waals surface area contributed by atoms with Crippen molar-refractivity contribution in [2.75, 3.05) is 29.1 Å². The lowest BCUT2D eigenvalue weighted by Gasteiger charge is -2.25. The van der Waals surface area contributed by atoms with E-state index in [-0.39, 0.29) is 24.2 Å². The third kappa shape index (κ3) is 7.75. The third-order valence-corrected chi connectivity index (χ3v) is 8.97. The van der Waals surface area contributed by atoms with Gasteiger partial charge in [-0.05, 0) is 87.4 Å². The van der Waals surface area contributed by atoms with Crippen molar-refractivity contribution in [3.8, 4) is 0 Å². The largest absolute Gasteiger partial charge is 0.462 e. The van der Waals surface area contributed by atoms with Gasteiger partial charge < -0.3 is 25.6 Å². The van der Waals surface area contributed by atoms with Crippen LogP contribution in [-0.2, 0) is 27.3 Å². The lowest BCUT2D eigenvalue weighted by atomic mass is 10.0. The van der Waals surface area contributed by atoms with Gasteiger partial charge in [0.2, 0.25) is 11.8 Å². The number of carbonyl (C=O) groups is 4. The molecule has 1 unspecified atom stereocenters. The summed E-state index contributed by atoms with van der Waals surface area (Å²) >= 11 is 8.13. The molecule has 0 bridgehead atoms. The van der Waals surface area contributed by atoms with E-state index in [1.54, 1.807) is 43.0 Å². The molecule has 2 heterocycles. The van der Waals surface area contributed by atoms with E-state index in [9.17, 15) is 19.2 Å². The number of nitrogens with zero attached hydrogens (tertiary/aromatic N) is 1. The van der Waals surface area contributed by atoms with Crippen molar-refractivity contribution in [1.29, 1.82) is 0 Å². The van der Waals surface area contributed by atoms with Gasteiger partial charge in [-0.15, -0.1) is 23.1 Å². The maximum absolute atomic E-state index is 13.3. The highest BCUT2D eigenvalue weighted by molar-refractivity contribution is 8.00. The molecule has 220 valence electrons. The summed E-state index contributed by atoms with van der Waals surface area (Å²) in [6.45, 7) is 7.72. The lowest BCUT2D eigenvalue weighted by Crippen LogP contribution is -2.34. The number of hydrogen-bond donors (Lipinski definition) is 3. The van der Waals surface area contributed by atoms with Crippen LogP contribution < -0.4 is 16.0 Å². The number of Topliss-reactive ketones (excluding diaryl/α,β-unsaturated/α-hetero) is 1. The van der Waals surface area contributed by atoms with Crippen molar-refractivity contribution in [2.45, 2.75) is 50.8 Å². The van der Waals surface area contributed by atoms with E-state index in [4.69, 9.17) is 17.0 Å². The summed E-state index contributed by atoms with van der Waals surface area (Å²) in [5, 5.41) is 9.54. The van der Waals surface area contributed by atoms with Crippen molar-refractivity contribution >= 4 is 80.4 Å². The number of thiophene rings is 1. The number of thiocarbonyl (C=S) groups is 1. The standard InChI is InChI=1S/C30H32N4O5S3/c1-5-39-29(38)26-24-13-14-34(19(4)36)16-25(24)42-28(26)33-27(37)18(3)41-23-8-6-7-22(15-23)32-30(40)31-21-11-9-20(10-12-21)17(2)35/h6-12,15,18H,5,13-14,16H2,1-4H3,(H,33,37)(H2,31,32,40). The predicted octanol–water partition coefficient (Wildman–Crippen LogP) is 5.96. The minimum absolute atomic E-state index is 0.00516. The normalized spacial score (nSPS) is 13.0. The highest BCUT2D eigenvalue weighted by Crippen LogP contribution is 2.38. The van der Waals surface area contributed by atoms with E-state index in [1.165, 1.54) is 36.9 Å². The van der Waals surface area contributed by atoms with Gasteiger partial charge >= 0.3 is 5.97 Å². The summed E-state index contributed by atoms with van der Waals surface area (Å²) in [7, 11) is 0. The first-order chi connectivity index (χ1) is 20.0. The number of amides is 2. The van der Waals surface area contributed by atoms with Crippen molar-refractivity contribution in [1.82, 2.24) is 4.90 Å². The van der Waals surface area contributed by atoms with Crippen LogP contribution in [0.1, 0.15) is 58.9 Å². The number of benzene rings is 2. The van der Waals surface area contributed by atoms with Crippen LogP contribution in [0.3, 0.4) is 0 Å². The van der Waals surface area contributed by atoms with Gasteiger partial charge in [0.25, 0.3) is 0 Å². The lowest BCUT2D eigenvalue weighted by molar-refractivity contribution is -0.129. The number of hydrogen-bond acceptors (Lipinski definition) is 8. The highest BCUT2D eigenvalue weighted by Gasteiger charge is 2.31. The van der Waals surface area contributed by atoms with Gasteiger partial charge in [-0.2, -0.15) is 0 Å². The average Bonchev–Trinajstić information content (AvgIpc) is 3.30. The Morgan fingerprint density at radius 2 is 1.76 bits per heavy atom. The van der Waals surface area contributed by atoms with E-state index in [0.29, 0.717) is 40.8 Å². The van der Waals surface area contributed by atoms with E-state index >= 15 is 0 Å². The molecular weight excluding hydrogens is 593 g/mol. The summed E-state index contributed by atoms with van der Waals surface area (Å²) < 4.78 is 5.30. The van der Waals surface area contributed by atoms with Crippen molar-refractivity contribution < 1.29 is 23.9 Å². The molecule has 4 rings (SSSR count). The molecule has 3 N–H and O–H groups in total. The molecule has 3 aromatic rings. The Morgan fingerprint density at radius 3 is 2.43 bits per heavy atom. The van der Waals surface area contributed by atoms with E-state index in [2.05, 4.69) is 16.0 Å². The molecule has 12 heteroatoms. The number of rotatable bonds is 9. The molecule has 2 amide bonds. The van der Waals surface area contributed by atoms with Gasteiger partial charge in [0, 0.05) is 40.2 Å². The first-order valence-corrected chi connectivity index (χ1v) is 15.5. The van der Waals surface area contributed by atoms with Gasteiger partial charge in [0.1, 0.15) is 5.00 Å². The highest BCUT2D eigenvalue weighted by atomic mass is 32.2. The number of anilines is 3. The Labute approximate surface area is 258 Å². The number of nitrogens with one attached hydrogen (secondary N) is 3. The molecular formula is C30H32N4O5S3. The molecule has 0 saturated carbocycles. The minimum atomic E-state index is -0.479. The molecule has 42 heavy (non-hydrogen) atoms. The van der Waals surface area contributed by atoms with Crippen LogP contribution in [-0.4, -0.2) is 52.0 Å². The summed E-state index contributed by atoms with van der Waals surface area (Å²) in [4.78, 5) is 53.0. The minimum Gasteiger partial charge on any atom is -0.462 e. The summed E-state index contributed by atoms with van der Waals surface area (Å²) in [5.41, 5.74) is 3.34. The maximum atomic E-state index is 13.3. The van der Waals surface area contributed by atoms with Crippen LogP contribution in [0.5, 0.6) is 0 Å². The Morgan fingerprint density at radius 1 is 1.05 bits per heavy atom. The first kappa shape index (κ1) is 31.2. The molecule has 0 aliphatic carbocycles. The van der Waals surface area contributed by atoms with Crippen LogP contribution in [0.15, 0.2) is 53.4 Å². The maximum Gasteiger partial charge on any atom is 0.341 e. The van der Waals surface area contributed by atoms with Gasteiger partial charge in [0.05, 0.1) is 24.0 Å². The fraction of sp³-hybridized carbons (Fsp3) is 0.300. The predicted molar refractivity (Wildman–Crippen MR) is 172 cm³/mol. The van der Waals surface area contributed by atoms with Crippen LogP contribution in [0.25, 0.3) is 0 Å². The third-order valence-electron chi connectivity index (χ3n) is 6.54. The van der Waals surface area contributed by atoms with Crippen molar-refractivity contribution in [3.05, 3.63) is 70.1 Å². The molecule has 1 atom stereocenters. The van der Waals surface area contributed by atoms with Crippen molar-refractivity contribution in [2.24, 2.45) is 0 Å². The molecule has 9 nitrogen and oxygen atoms in total. The molecule has 2 aromatic carbocycles. The summed E-state index contributed by atoms with van der Waals surface area (Å²) in [6.07, 6.45) is 0.528. The molecule has 0 saturated heterocycles. The van der Waals surface area contributed by atoms with Gasteiger partial charge in [-0.3, -0.25) is 14.4 Å². The zero-order valence-electron chi connectivity index (χ0n) is 23.7. The number of esters is 1. The second-order valence-electron chi connectivity index (χ2n) is 9.61. The molecule has 1 aliphatic heterocycles. The smallest absolute Gasteiger partial charge is 0.341 e. The molecule has 0 fully saturated rings. The number of thioether (sulfide) groups is 1. The van der Waals surface area contributed by atoms with E-state index in [1.807, 2.05) is 24.3 Å². The Hall–Kier alpha value is -3.74. The topological polar surface area (TPSA) is 117 Å². The first-order valence-electron chi connectivity index (χ1n) is 13.4. The van der Waals surface area contributed by atoms with Gasteiger partial charge in [0.15, 0.2) is 10.9 Å². The number of ether oxygens (including phenoxy) is 1.